The van der Waals surface area contributed by atoms with Gasteiger partial charge in [-0.1, -0.05) is 23.2 Å². The lowest BCUT2D eigenvalue weighted by Gasteiger charge is -2.10. The van der Waals surface area contributed by atoms with Crippen LogP contribution in [0.2, 0.25) is 10.0 Å². The average molecular weight is 452 g/mol. The van der Waals surface area contributed by atoms with Crippen molar-refractivity contribution in [2.75, 3.05) is 5.32 Å². The summed E-state index contributed by atoms with van der Waals surface area (Å²) in [6.45, 7) is 5.09. The number of carboxylic acid groups (broad SMARTS) is 1. The Balaban J connectivity index is 1.72. The van der Waals surface area contributed by atoms with Gasteiger partial charge >= 0.3 is 5.97 Å². The number of rotatable bonds is 7. The second kappa shape index (κ2) is 8.76. The number of carbonyl (C=O) groups is 2. The van der Waals surface area contributed by atoms with Gasteiger partial charge in [0.05, 0.1) is 22.1 Å². The smallest absolute Gasteiger partial charge is 0.328 e. The number of benzene rings is 1. The second-order valence-corrected chi connectivity index (χ2v) is 7.39. The molecular weight excluding hydrogens is 433 g/mol. The molecule has 1 unspecified atom stereocenters. The van der Waals surface area contributed by atoms with Crippen molar-refractivity contribution < 1.29 is 19.4 Å². The van der Waals surface area contributed by atoms with Gasteiger partial charge in [0, 0.05) is 11.2 Å². The molecular formula is C19H19Cl2N5O4. The van der Waals surface area contributed by atoms with Crippen LogP contribution in [0.4, 0.5) is 5.69 Å². The van der Waals surface area contributed by atoms with Crippen molar-refractivity contribution in [1.82, 2.24) is 19.6 Å². The highest BCUT2D eigenvalue weighted by molar-refractivity contribution is 6.35. The number of aromatic nitrogens is 4. The molecule has 1 atom stereocenters. The van der Waals surface area contributed by atoms with Gasteiger partial charge in [0.1, 0.15) is 11.8 Å². The quantitative estimate of drug-likeness (QED) is 0.562. The highest BCUT2D eigenvalue weighted by Gasteiger charge is 2.20. The van der Waals surface area contributed by atoms with Crippen molar-refractivity contribution in [2.45, 2.75) is 33.5 Å². The summed E-state index contributed by atoms with van der Waals surface area (Å²) < 4.78 is 8.49. The molecule has 2 aromatic heterocycles. The molecule has 11 heteroatoms. The van der Waals surface area contributed by atoms with Crippen LogP contribution in [0.3, 0.4) is 0 Å². The number of aryl methyl sites for hydroxylation is 1. The van der Waals surface area contributed by atoms with E-state index in [0.29, 0.717) is 32.9 Å². The summed E-state index contributed by atoms with van der Waals surface area (Å²) in [5.74, 6) is -1.06. The molecule has 0 bridgehead atoms. The lowest BCUT2D eigenvalue weighted by Crippen LogP contribution is -2.18. The monoisotopic (exact) mass is 451 g/mol. The zero-order valence-electron chi connectivity index (χ0n) is 16.4. The van der Waals surface area contributed by atoms with E-state index < -0.39 is 17.9 Å². The van der Waals surface area contributed by atoms with Gasteiger partial charge in [0.25, 0.3) is 5.91 Å². The van der Waals surface area contributed by atoms with Crippen LogP contribution in [0.25, 0.3) is 0 Å². The first-order valence-electron chi connectivity index (χ1n) is 8.88. The fourth-order valence-electron chi connectivity index (χ4n) is 2.69. The Hall–Kier alpha value is -3.04. The van der Waals surface area contributed by atoms with E-state index in [1.165, 1.54) is 23.9 Å². The maximum Gasteiger partial charge on any atom is 0.328 e. The van der Waals surface area contributed by atoms with Gasteiger partial charge in [-0.3, -0.25) is 9.48 Å². The van der Waals surface area contributed by atoms with E-state index in [4.69, 9.17) is 33.0 Å². The number of carbonyl (C=O) groups excluding carboxylic acids is 1. The minimum Gasteiger partial charge on any atom is -0.480 e. The lowest BCUT2D eigenvalue weighted by molar-refractivity contribution is -0.140. The molecule has 0 fully saturated rings. The van der Waals surface area contributed by atoms with Gasteiger partial charge in [-0.05, 0) is 45.0 Å². The van der Waals surface area contributed by atoms with Gasteiger partial charge in [-0.25, -0.2) is 9.48 Å². The Morgan fingerprint density at radius 3 is 2.63 bits per heavy atom. The number of carboxylic acids is 1. The van der Waals surface area contributed by atoms with Gasteiger partial charge in [0.15, 0.2) is 12.4 Å². The van der Waals surface area contributed by atoms with E-state index in [9.17, 15) is 9.59 Å². The molecule has 3 aromatic rings. The van der Waals surface area contributed by atoms with Crippen molar-refractivity contribution in [3.63, 3.8) is 0 Å². The lowest BCUT2D eigenvalue weighted by atomic mass is 10.3. The number of anilines is 1. The molecule has 1 aromatic carbocycles. The largest absolute Gasteiger partial charge is 0.480 e. The van der Waals surface area contributed by atoms with E-state index in [0.717, 1.165) is 0 Å². The molecule has 2 heterocycles. The fraction of sp³-hybridized carbons (Fsp3) is 0.263. The van der Waals surface area contributed by atoms with Crippen LogP contribution in [0.5, 0.6) is 5.75 Å². The van der Waals surface area contributed by atoms with Crippen LogP contribution in [-0.4, -0.2) is 36.5 Å². The van der Waals surface area contributed by atoms with E-state index >= 15 is 0 Å². The van der Waals surface area contributed by atoms with Crippen LogP contribution < -0.4 is 10.1 Å². The molecule has 3 rings (SSSR count). The number of nitrogens with zero attached hydrogens (tertiary/aromatic N) is 4. The Labute approximate surface area is 182 Å². The molecule has 0 aliphatic carbocycles. The molecule has 0 saturated carbocycles. The molecule has 0 saturated heterocycles. The van der Waals surface area contributed by atoms with Gasteiger partial charge in [-0.2, -0.15) is 10.2 Å². The summed E-state index contributed by atoms with van der Waals surface area (Å²) in [5, 5.41) is 21.1. The van der Waals surface area contributed by atoms with E-state index in [-0.39, 0.29) is 12.4 Å². The predicted molar refractivity (Wildman–Crippen MR) is 111 cm³/mol. The van der Waals surface area contributed by atoms with Crippen LogP contribution in [0.1, 0.15) is 34.8 Å². The van der Waals surface area contributed by atoms with Crippen molar-refractivity contribution in [1.29, 1.82) is 0 Å². The molecule has 30 heavy (non-hydrogen) atoms. The standard InChI is InChI=1S/C19H19Cl2N5O4/c1-10-17(22-18(27)15-6-7-25(24-15)12(3)19(28)29)11(2)26(23-10)9-30-16-5-4-13(20)8-14(16)21/h4-8,12H,9H2,1-3H3,(H,22,27)(H,28,29). The first-order valence-corrected chi connectivity index (χ1v) is 9.64. The summed E-state index contributed by atoms with van der Waals surface area (Å²) in [7, 11) is 0. The van der Waals surface area contributed by atoms with Crippen LogP contribution in [0.15, 0.2) is 30.5 Å². The zero-order valence-corrected chi connectivity index (χ0v) is 17.9. The normalized spacial score (nSPS) is 11.9. The minimum atomic E-state index is -1.04. The van der Waals surface area contributed by atoms with Crippen molar-refractivity contribution in [2.24, 2.45) is 0 Å². The molecule has 0 aliphatic heterocycles. The Bertz CT molecular complexity index is 1110. The number of hydrogen-bond acceptors (Lipinski definition) is 5. The maximum absolute atomic E-state index is 12.6. The Morgan fingerprint density at radius 2 is 1.97 bits per heavy atom. The number of amides is 1. The Kier molecular flexibility index (Phi) is 6.33. The maximum atomic E-state index is 12.6. The molecule has 0 radical (unpaired) electrons. The molecule has 0 spiro atoms. The van der Waals surface area contributed by atoms with Crippen LogP contribution in [0, 0.1) is 13.8 Å². The Morgan fingerprint density at radius 1 is 1.23 bits per heavy atom. The van der Waals surface area contributed by atoms with Crippen molar-refractivity contribution in [3.05, 3.63) is 57.6 Å². The molecule has 9 nitrogen and oxygen atoms in total. The summed E-state index contributed by atoms with van der Waals surface area (Å²) in [4.78, 5) is 23.6. The topological polar surface area (TPSA) is 111 Å². The predicted octanol–water partition coefficient (Wildman–Crippen LogP) is 3.94. The number of aliphatic carboxylic acids is 1. The molecule has 158 valence electrons. The first-order chi connectivity index (χ1) is 14.2. The van der Waals surface area contributed by atoms with Crippen LogP contribution in [-0.2, 0) is 11.5 Å². The third-order valence-corrected chi connectivity index (χ3v) is 4.98. The summed E-state index contributed by atoms with van der Waals surface area (Å²) in [6.07, 6.45) is 1.44. The van der Waals surface area contributed by atoms with E-state index in [1.54, 1.807) is 36.7 Å². The molecule has 0 aliphatic rings. The summed E-state index contributed by atoms with van der Waals surface area (Å²) >= 11 is 12.0. The third-order valence-electron chi connectivity index (χ3n) is 4.45. The molecule has 1 amide bonds. The van der Waals surface area contributed by atoms with Crippen molar-refractivity contribution in [3.8, 4) is 5.75 Å². The van der Waals surface area contributed by atoms with Gasteiger partial charge < -0.3 is 15.2 Å². The number of ether oxygens (including phenoxy) is 1. The first kappa shape index (κ1) is 21.7. The average Bonchev–Trinajstić information content (AvgIpc) is 3.27. The van der Waals surface area contributed by atoms with E-state index in [1.807, 2.05) is 0 Å². The number of hydrogen-bond donors (Lipinski definition) is 2. The van der Waals surface area contributed by atoms with Crippen LogP contribution >= 0.6 is 23.2 Å². The van der Waals surface area contributed by atoms with Gasteiger partial charge in [0.2, 0.25) is 0 Å². The van der Waals surface area contributed by atoms with Gasteiger partial charge in [-0.15, -0.1) is 0 Å². The highest BCUT2D eigenvalue weighted by atomic mass is 35.5. The third kappa shape index (κ3) is 4.58. The highest BCUT2D eigenvalue weighted by Crippen LogP contribution is 2.28. The zero-order chi connectivity index (χ0) is 22.0. The van der Waals surface area contributed by atoms with E-state index in [2.05, 4.69) is 15.5 Å². The second-order valence-electron chi connectivity index (χ2n) is 6.54. The molecule has 2 N–H and O–H groups in total. The SMILES string of the molecule is Cc1nn(COc2ccc(Cl)cc2Cl)c(C)c1NC(=O)c1ccn(C(C)C(=O)O)n1. The summed E-state index contributed by atoms with van der Waals surface area (Å²) in [5.41, 5.74) is 1.87. The number of nitrogens with one attached hydrogen (secondary N) is 1. The minimum absolute atomic E-state index is 0.0780. The fourth-order valence-corrected chi connectivity index (χ4v) is 3.16. The summed E-state index contributed by atoms with van der Waals surface area (Å²) in [6, 6.07) is 5.48. The number of halogens is 2. The van der Waals surface area contributed by atoms with Crippen molar-refractivity contribution >= 4 is 40.8 Å².